The van der Waals surface area contributed by atoms with E-state index in [2.05, 4.69) is 4.98 Å². The van der Waals surface area contributed by atoms with Crippen molar-refractivity contribution in [3.05, 3.63) is 66.0 Å². The van der Waals surface area contributed by atoms with E-state index in [0.717, 1.165) is 16.9 Å². The summed E-state index contributed by atoms with van der Waals surface area (Å²) in [7, 11) is 1.92. The lowest BCUT2D eigenvalue weighted by atomic mass is 10.2. The minimum atomic E-state index is -1.20. The van der Waals surface area contributed by atoms with Crippen LogP contribution >= 0.6 is 0 Å². The van der Waals surface area contributed by atoms with Gasteiger partial charge in [-0.15, -0.1) is 0 Å². The summed E-state index contributed by atoms with van der Waals surface area (Å²) in [5.41, 5.74) is 2.46. The van der Waals surface area contributed by atoms with Crippen LogP contribution in [-0.4, -0.2) is 45.7 Å². The van der Waals surface area contributed by atoms with E-state index in [1.807, 2.05) is 41.9 Å². The number of ether oxygens (including phenoxy) is 1. The predicted molar refractivity (Wildman–Crippen MR) is 96.5 cm³/mol. The molecule has 134 valence electrons. The van der Waals surface area contributed by atoms with Crippen LogP contribution in [0.4, 0.5) is 4.39 Å². The summed E-state index contributed by atoms with van der Waals surface area (Å²) in [6, 6.07) is 16.7. The van der Waals surface area contributed by atoms with E-state index in [9.17, 15) is 9.18 Å². The molecule has 1 amide bonds. The molecule has 6 heteroatoms. The predicted octanol–water partition coefficient (Wildman–Crippen LogP) is 2.95. The Morgan fingerprint density at radius 1 is 1.15 bits per heavy atom. The molecule has 0 spiro atoms. The van der Waals surface area contributed by atoms with E-state index in [1.165, 1.54) is 4.90 Å². The molecular formula is C20H20FN3O2. The topological polar surface area (TPSA) is 47.4 Å². The first-order chi connectivity index (χ1) is 12.6. The zero-order valence-corrected chi connectivity index (χ0v) is 14.5. The van der Waals surface area contributed by atoms with Gasteiger partial charge in [-0.2, -0.15) is 0 Å². The monoisotopic (exact) mass is 353 g/mol. The number of benzene rings is 2. The maximum atomic E-state index is 14.4. The van der Waals surface area contributed by atoms with E-state index >= 15 is 0 Å². The van der Waals surface area contributed by atoms with Gasteiger partial charge < -0.3 is 14.2 Å². The van der Waals surface area contributed by atoms with Crippen LogP contribution in [0, 0.1) is 0 Å². The number of rotatable bonds is 4. The van der Waals surface area contributed by atoms with Gasteiger partial charge in [-0.3, -0.25) is 4.79 Å². The Hall–Kier alpha value is -2.73. The molecule has 0 aliphatic carbocycles. The molecule has 2 heterocycles. The lowest BCUT2D eigenvalue weighted by Crippen LogP contribution is -2.30. The molecule has 5 nitrogen and oxygen atoms in total. The number of likely N-dealkylation sites (tertiary alicyclic amines) is 1. The Morgan fingerprint density at radius 2 is 1.88 bits per heavy atom. The van der Waals surface area contributed by atoms with Crippen LogP contribution in [0.3, 0.4) is 0 Å². The molecule has 1 aliphatic rings. The third kappa shape index (κ3) is 3.08. The molecule has 0 saturated carbocycles. The van der Waals surface area contributed by atoms with Gasteiger partial charge in [0.05, 0.1) is 24.1 Å². The highest BCUT2D eigenvalue weighted by Gasteiger charge is 2.36. The number of amides is 1. The summed E-state index contributed by atoms with van der Waals surface area (Å²) in [6.45, 7) is 0.517. The summed E-state index contributed by atoms with van der Waals surface area (Å²) in [6.07, 6.45) is -1.83. The number of nitrogens with zero attached hydrogens (tertiary/aromatic N) is 3. The fourth-order valence-electron chi connectivity index (χ4n) is 3.33. The van der Waals surface area contributed by atoms with Gasteiger partial charge in [0, 0.05) is 12.6 Å². The molecule has 0 N–H and O–H groups in total. The third-order valence-electron chi connectivity index (χ3n) is 4.81. The second-order valence-electron chi connectivity index (χ2n) is 6.52. The van der Waals surface area contributed by atoms with E-state index in [-0.39, 0.29) is 25.6 Å². The summed E-state index contributed by atoms with van der Waals surface area (Å²) in [4.78, 5) is 18.5. The third-order valence-corrected chi connectivity index (χ3v) is 4.81. The highest BCUT2D eigenvalue weighted by molar-refractivity contribution is 5.94. The molecule has 1 aromatic heterocycles. The molecule has 1 aliphatic heterocycles. The number of carbonyl (C=O) groups excluding carboxylic acids is 1. The number of hydrogen-bond donors (Lipinski definition) is 0. The molecule has 3 aromatic rings. The van der Waals surface area contributed by atoms with Crippen LogP contribution in [0.15, 0.2) is 54.6 Å². The highest BCUT2D eigenvalue weighted by Crippen LogP contribution is 2.21. The standard InChI is InChI=1S/C20H20FN3O2/c1-23-17-10-6-5-9-16(17)22-19(23)13-26-18-12-24(11-15(18)21)20(25)14-7-3-2-4-8-14/h2-10,15,18H,11-13H2,1H3. The minimum Gasteiger partial charge on any atom is -0.365 e. The number of para-hydroxylation sites is 2. The normalized spacial score (nSPS) is 20.0. The van der Waals surface area contributed by atoms with Gasteiger partial charge in [0.1, 0.15) is 24.7 Å². The van der Waals surface area contributed by atoms with Crippen LogP contribution in [0.5, 0.6) is 0 Å². The fourth-order valence-corrected chi connectivity index (χ4v) is 3.33. The summed E-state index contributed by atoms with van der Waals surface area (Å²) in [5, 5.41) is 0. The molecule has 2 unspecified atom stereocenters. The number of fused-ring (bicyclic) bond motifs is 1. The summed E-state index contributed by atoms with van der Waals surface area (Å²) >= 11 is 0. The Kier molecular flexibility index (Phi) is 4.42. The van der Waals surface area contributed by atoms with Gasteiger partial charge in [-0.25, -0.2) is 9.37 Å². The maximum absolute atomic E-state index is 14.4. The second-order valence-corrected chi connectivity index (χ2v) is 6.52. The largest absolute Gasteiger partial charge is 0.365 e. The zero-order valence-electron chi connectivity index (χ0n) is 14.5. The second kappa shape index (κ2) is 6.88. The van der Waals surface area contributed by atoms with Crippen molar-refractivity contribution in [1.29, 1.82) is 0 Å². The van der Waals surface area contributed by atoms with Crippen molar-refractivity contribution in [3.8, 4) is 0 Å². The van der Waals surface area contributed by atoms with Gasteiger partial charge in [-0.1, -0.05) is 30.3 Å². The maximum Gasteiger partial charge on any atom is 0.254 e. The van der Waals surface area contributed by atoms with Crippen LogP contribution < -0.4 is 0 Å². The van der Waals surface area contributed by atoms with Gasteiger partial charge in [-0.05, 0) is 24.3 Å². The van der Waals surface area contributed by atoms with Crippen molar-refractivity contribution in [2.45, 2.75) is 18.9 Å². The number of aryl methyl sites for hydroxylation is 1. The van der Waals surface area contributed by atoms with Crippen molar-refractivity contribution in [2.24, 2.45) is 7.05 Å². The smallest absolute Gasteiger partial charge is 0.254 e. The molecule has 0 radical (unpaired) electrons. The lowest BCUT2D eigenvalue weighted by Gasteiger charge is -2.16. The number of aromatic nitrogens is 2. The number of carbonyl (C=O) groups is 1. The van der Waals surface area contributed by atoms with Crippen molar-refractivity contribution in [3.63, 3.8) is 0 Å². The minimum absolute atomic E-state index is 0.0565. The lowest BCUT2D eigenvalue weighted by molar-refractivity contribution is 0.00774. The van der Waals surface area contributed by atoms with Crippen molar-refractivity contribution in [2.75, 3.05) is 13.1 Å². The Balaban J connectivity index is 1.42. The number of hydrogen-bond acceptors (Lipinski definition) is 3. The number of imidazole rings is 1. The first-order valence-corrected chi connectivity index (χ1v) is 8.64. The molecule has 4 rings (SSSR count). The average Bonchev–Trinajstić information content (AvgIpc) is 3.20. The molecule has 1 fully saturated rings. The SMILES string of the molecule is Cn1c(COC2CN(C(=O)c3ccccc3)CC2F)nc2ccccc21. The van der Waals surface area contributed by atoms with E-state index in [4.69, 9.17) is 4.74 Å². The Morgan fingerprint density at radius 3 is 2.65 bits per heavy atom. The molecule has 2 aromatic carbocycles. The van der Waals surface area contributed by atoms with E-state index < -0.39 is 12.3 Å². The number of halogens is 1. The molecule has 26 heavy (non-hydrogen) atoms. The summed E-state index contributed by atoms with van der Waals surface area (Å²) < 4.78 is 22.1. The zero-order chi connectivity index (χ0) is 18.1. The van der Waals surface area contributed by atoms with Gasteiger partial charge in [0.25, 0.3) is 5.91 Å². The van der Waals surface area contributed by atoms with Crippen molar-refractivity contribution < 1.29 is 13.9 Å². The van der Waals surface area contributed by atoms with Crippen molar-refractivity contribution in [1.82, 2.24) is 14.5 Å². The highest BCUT2D eigenvalue weighted by atomic mass is 19.1. The molecule has 0 bridgehead atoms. The first kappa shape index (κ1) is 16.7. The molecular weight excluding hydrogens is 333 g/mol. The summed E-state index contributed by atoms with van der Waals surface area (Å²) in [5.74, 6) is 0.577. The van der Waals surface area contributed by atoms with Crippen LogP contribution in [0.2, 0.25) is 0 Å². The van der Waals surface area contributed by atoms with Gasteiger partial charge in [0.15, 0.2) is 0 Å². The van der Waals surface area contributed by atoms with Crippen LogP contribution in [-0.2, 0) is 18.4 Å². The molecule has 2 atom stereocenters. The van der Waals surface area contributed by atoms with E-state index in [0.29, 0.717) is 5.56 Å². The van der Waals surface area contributed by atoms with Crippen molar-refractivity contribution >= 4 is 16.9 Å². The number of alkyl halides is 1. The van der Waals surface area contributed by atoms with Crippen LogP contribution in [0.1, 0.15) is 16.2 Å². The quantitative estimate of drug-likeness (QED) is 0.725. The fraction of sp³-hybridized carbons (Fsp3) is 0.300. The van der Waals surface area contributed by atoms with Gasteiger partial charge in [0.2, 0.25) is 0 Å². The van der Waals surface area contributed by atoms with E-state index in [1.54, 1.807) is 24.3 Å². The van der Waals surface area contributed by atoms with Crippen LogP contribution in [0.25, 0.3) is 11.0 Å². The molecule has 1 saturated heterocycles. The first-order valence-electron chi connectivity index (χ1n) is 8.64. The Labute approximate surface area is 151 Å². The average molecular weight is 353 g/mol. The van der Waals surface area contributed by atoms with Gasteiger partial charge >= 0.3 is 0 Å². The Bertz CT molecular complexity index is 925.